The van der Waals surface area contributed by atoms with Crippen LogP contribution in [0.25, 0.3) is 0 Å². The third kappa shape index (κ3) is 4.91. The summed E-state index contributed by atoms with van der Waals surface area (Å²) in [4.78, 5) is 9.96. The van der Waals surface area contributed by atoms with Gasteiger partial charge in [0.05, 0.1) is 0 Å². The molecule has 2 nitrogen and oxygen atoms in total. The number of hydrogen-bond donors (Lipinski definition) is 1. The van der Waals surface area contributed by atoms with Gasteiger partial charge >= 0.3 is 0 Å². The van der Waals surface area contributed by atoms with E-state index in [1.807, 2.05) is 0 Å². The van der Waals surface area contributed by atoms with Gasteiger partial charge < -0.3 is 5.32 Å². The van der Waals surface area contributed by atoms with Gasteiger partial charge in [-0.15, -0.1) is 0 Å². The Morgan fingerprint density at radius 2 is 1.92 bits per heavy atom. The summed E-state index contributed by atoms with van der Waals surface area (Å²) in [5, 5.41) is 2.71. The fourth-order valence-corrected chi connectivity index (χ4v) is 2.19. The van der Waals surface area contributed by atoms with Crippen molar-refractivity contribution in [1.29, 1.82) is 0 Å². The van der Waals surface area contributed by atoms with Gasteiger partial charge in [0.2, 0.25) is 6.41 Å². The second-order valence-corrected chi connectivity index (χ2v) is 4.07. The van der Waals surface area contributed by atoms with E-state index in [0.717, 1.165) is 25.3 Å². The van der Waals surface area contributed by atoms with E-state index in [1.165, 1.54) is 44.9 Å². The first-order chi connectivity index (χ1) is 6.43. The summed E-state index contributed by atoms with van der Waals surface area (Å²) in [5.41, 5.74) is 0. The average molecular weight is 183 g/mol. The van der Waals surface area contributed by atoms with Crippen LogP contribution in [-0.4, -0.2) is 13.0 Å². The Kier molecular flexibility index (Phi) is 5.62. The molecule has 1 fully saturated rings. The molecule has 0 aliphatic heterocycles. The summed E-state index contributed by atoms with van der Waals surface area (Å²) >= 11 is 0. The predicted molar refractivity (Wildman–Crippen MR) is 54.5 cm³/mol. The number of carbonyl (C=O) groups excluding carboxylic acids is 1. The number of rotatable bonds is 6. The second-order valence-electron chi connectivity index (χ2n) is 4.07. The van der Waals surface area contributed by atoms with E-state index in [0.29, 0.717) is 0 Å². The molecule has 0 spiro atoms. The first-order valence-corrected chi connectivity index (χ1v) is 5.60. The molecule has 0 heterocycles. The van der Waals surface area contributed by atoms with E-state index in [4.69, 9.17) is 0 Å². The van der Waals surface area contributed by atoms with Crippen molar-refractivity contribution >= 4 is 6.41 Å². The number of carbonyl (C=O) groups is 1. The maximum Gasteiger partial charge on any atom is 0.207 e. The van der Waals surface area contributed by atoms with Crippen molar-refractivity contribution in [1.82, 2.24) is 5.32 Å². The lowest BCUT2D eigenvalue weighted by atomic mass is 9.86. The number of hydrogen-bond acceptors (Lipinski definition) is 1. The first kappa shape index (κ1) is 10.6. The van der Waals surface area contributed by atoms with Crippen LogP contribution in [0, 0.1) is 5.92 Å². The van der Waals surface area contributed by atoms with Gasteiger partial charge in [0.25, 0.3) is 0 Å². The lowest BCUT2D eigenvalue weighted by Gasteiger charge is -2.21. The van der Waals surface area contributed by atoms with Crippen LogP contribution in [0.1, 0.15) is 51.4 Å². The van der Waals surface area contributed by atoms with Crippen LogP contribution in [0.15, 0.2) is 0 Å². The minimum absolute atomic E-state index is 0.792. The first-order valence-electron chi connectivity index (χ1n) is 5.60. The summed E-state index contributed by atoms with van der Waals surface area (Å²) in [5.74, 6) is 0.991. The fourth-order valence-electron chi connectivity index (χ4n) is 2.19. The lowest BCUT2D eigenvalue weighted by molar-refractivity contribution is -0.109. The van der Waals surface area contributed by atoms with Gasteiger partial charge in [0, 0.05) is 6.54 Å². The highest BCUT2D eigenvalue weighted by Crippen LogP contribution is 2.27. The third-order valence-corrected chi connectivity index (χ3v) is 2.99. The third-order valence-electron chi connectivity index (χ3n) is 2.99. The van der Waals surface area contributed by atoms with Gasteiger partial charge in [0.15, 0.2) is 0 Å². The zero-order valence-electron chi connectivity index (χ0n) is 8.43. The Balaban J connectivity index is 1.89. The van der Waals surface area contributed by atoms with Crippen LogP contribution >= 0.6 is 0 Å². The molecule has 1 aliphatic carbocycles. The normalized spacial score (nSPS) is 18.5. The van der Waals surface area contributed by atoms with E-state index in [1.54, 1.807) is 0 Å². The van der Waals surface area contributed by atoms with Crippen LogP contribution in [0.5, 0.6) is 0 Å². The van der Waals surface area contributed by atoms with Crippen molar-refractivity contribution in [2.24, 2.45) is 5.92 Å². The van der Waals surface area contributed by atoms with E-state index in [2.05, 4.69) is 5.32 Å². The molecule has 1 saturated carbocycles. The smallest absolute Gasteiger partial charge is 0.207 e. The molecule has 0 aromatic carbocycles. The van der Waals surface area contributed by atoms with Crippen LogP contribution < -0.4 is 5.32 Å². The molecule has 0 unspecified atom stereocenters. The molecular weight excluding hydrogens is 162 g/mol. The largest absolute Gasteiger partial charge is 0.359 e. The molecule has 0 bridgehead atoms. The molecule has 76 valence electrons. The number of unbranched alkanes of at least 4 members (excludes halogenated alkanes) is 1. The average Bonchev–Trinajstić information content (AvgIpc) is 2.19. The molecule has 0 atom stereocenters. The van der Waals surface area contributed by atoms with E-state index in [-0.39, 0.29) is 0 Å². The Morgan fingerprint density at radius 3 is 2.62 bits per heavy atom. The van der Waals surface area contributed by atoms with Gasteiger partial charge in [-0.05, 0) is 12.3 Å². The summed E-state index contributed by atoms with van der Waals surface area (Å²) in [6, 6.07) is 0. The second kappa shape index (κ2) is 6.93. The predicted octanol–water partition coefficient (Wildman–Crippen LogP) is 2.48. The van der Waals surface area contributed by atoms with Gasteiger partial charge in [0.1, 0.15) is 0 Å². The monoisotopic (exact) mass is 183 g/mol. The maximum absolute atomic E-state index is 9.96. The quantitative estimate of drug-likeness (QED) is 0.497. The van der Waals surface area contributed by atoms with Crippen molar-refractivity contribution in [2.75, 3.05) is 6.54 Å². The van der Waals surface area contributed by atoms with E-state index >= 15 is 0 Å². The Labute approximate surface area is 81.1 Å². The molecule has 0 radical (unpaired) electrons. The highest BCUT2D eigenvalue weighted by molar-refractivity contribution is 5.45. The number of amides is 1. The fraction of sp³-hybridized carbons (Fsp3) is 0.909. The Morgan fingerprint density at radius 1 is 1.15 bits per heavy atom. The summed E-state index contributed by atoms with van der Waals surface area (Å²) in [6.45, 7) is 0.857. The Bertz CT molecular complexity index is 130. The molecule has 2 heteroatoms. The molecule has 1 rings (SSSR count). The van der Waals surface area contributed by atoms with Crippen LogP contribution in [0.4, 0.5) is 0 Å². The summed E-state index contributed by atoms with van der Waals surface area (Å²) < 4.78 is 0. The van der Waals surface area contributed by atoms with Gasteiger partial charge in [-0.3, -0.25) is 4.79 Å². The number of nitrogens with one attached hydrogen (secondary N) is 1. The minimum Gasteiger partial charge on any atom is -0.359 e. The van der Waals surface area contributed by atoms with Crippen LogP contribution in [0.2, 0.25) is 0 Å². The molecule has 0 aromatic heterocycles. The van der Waals surface area contributed by atoms with Gasteiger partial charge in [-0.1, -0.05) is 44.9 Å². The zero-order chi connectivity index (χ0) is 9.36. The molecule has 0 saturated heterocycles. The van der Waals surface area contributed by atoms with Gasteiger partial charge in [-0.2, -0.15) is 0 Å². The molecule has 1 amide bonds. The van der Waals surface area contributed by atoms with Crippen molar-refractivity contribution < 1.29 is 4.79 Å². The van der Waals surface area contributed by atoms with Crippen LogP contribution in [0.3, 0.4) is 0 Å². The maximum atomic E-state index is 9.96. The highest BCUT2D eigenvalue weighted by Gasteiger charge is 2.12. The molecular formula is C11H21NO. The van der Waals surface area contributed by atoms with Crippen molar-refractivity contribution in [3.8, 4) is 0 Å². The minimum atomic E-state index is 0.792. The van der Waals surface area contributed by atoms with Gasteiger partial charge in [-0.25, -0.2) is 0 Å². The lowest BCUT2D eigenvalue weighted by Crippen LogP contribution is -2.13. The Hall–Kier alpha value is -0.530. The highest BCUT2D eigenvalue weighted by atomic mass is 16.1. The SMILES string of the molecule is O=CNCCCCC1CCCCC1. The van der Waals surface area contributed by atoms with Crippen molar-refractivity contribution in [3.63, 3.8) is 0 Å². The molecule has 1 aliphatic rings. The van der Waals surface area contributed by atoms with Crippen molar-refractivity contribution in [2.45, 2.75) is 51.4 Å². The zero-order valence-corrected chi connectivity index (χ0v) is 8.43. The van der Waals surface area contributed by atoms with E-state index in [9.17, 15) is 4.79 Å². The molecule has 13 heavy (non-hydrogen) atoms. The van der Waals surface area contributed by atoms with Crippen molar-refractivity contribution in [3.05, 3.63) is 0 Å². The topological polar surface area (TPSA) is 29.1 Å². The summed E-state index contributed by atoms with van der Waals surface area (Å²) in [6.07, 6.45) is 11.8. The summed E-state index contributed by atoms with van der Waals surface area (Å²) in [7, 11) is 0. The standard InChI is InChI=1S/C11H21NO/c13-10-12-9-5-4-8-11-6-2-1-3-7-11/h10-11H,1-9H2,(H,12,13). The van der Waals surface area contributed by atoms with E-state index < -0.39 is 0 Å². The molecule has 1 N–H and O–H groups in total. The molecule has 0 aromatic rings. The van der Waals surface area contributed by atoms with Crippen LogP contribution in [-0.2, 0) is 4.79 Å².